The molecule has 7 nitrogen and oxygen atoms in total. The van der Waals surface area contributed by atoms with Crippen LogP contribution >= 0.6 is 0 Å². The standard InChI is InChI=1S/C10H11N3O4S/c11-7-8-1-3-9(4-2-8)18(15,16)13-5-6-17-10(12)14/h1-4,13H,5-6H2,(H2,12,14). The van der Waals surface area contributed by atoms with Gasteiger partial charge in [-0.25, -0.2) is 17.9 Å². The quantitative estimate of drug-likeness (QED) is 0.724. The molecule has 0 aliphatic rings. The smallest absolute Gasteiger partial charge is 0.404 e. The summed E-state index contributed by atoms with van der Waals surface area (Å²) in [5.41, 5.74) is 5.08. The first-order valence-electron chi connectivity index (χ1n) is 4.88. The molecule has 0 saturated carbocycles. The van der Waals surface area contributed by atoms with Gasteiger partial charge in [-0.15, -0.1) is 0 Å². The average molecular weight is 269 g/mol. The number of hydrogen-bond acceptors (Lipinski definition) is 5. The van der Waals surface area contributed by atoms with E-state index < -0.39 is 16.1 Å². The first kappa shape index (κ1) is 14.0. The second-order valence-electron chi connectivity index (χ2n) is 3.20. The maximum Gasteiger partial charge on any atom is 0.404 e. The lowest BCUT2D eigenvalue weighted by Crippen LogP contribution is -2.29. The number of nitrogens with one attached hydrogen (secondary N) is 1. The maximum atomic E-state index is 11.7. The summed E-state index contributed by atoms with van der Waals surface area (Å²) in [6, 6.07) is 7.31. The van der Waals surface area contributed by atoms with Gasteiger partial charge in [-0.2, -0.15) is 5.26 Å². The molecule has 0 fully saturated rings. The van der Waals surface area contributed by atoms with E-state index in [4.69, 9.17) is 11.0 Å². The summed E-state index contributed by atoms with van der Waals surface area (Å²) in [5.74, 6) is 0. The van der Waals surface area contributed by atoms with Gasteiger partial charge in [0.25, 0.3) is 0 Å². The zero-order valence-electron chi connectivity index (χ0n) is 9.29. The lowest BCUT2D eigenvalue weighted by atomic mass is 10.2. The predicted octanol–water partition coefficient (Wildman–Crippen LogP) is -0.0681. The fourth-order valence-electron chi connectivity index (χ4n) is 1.12. The lowest BCUT2D eigenvalue weighted by Gasteiger charge is -2.06. The third kappa shape index (κ3) is 4.04. The van der Waals surface area contributed by atoms with E-state index in [-0.39, 0.29) is 18.0 Å². The molecule has 0 radical (unpaired) electrons. The number of carbonyl (C=O) groups excluding carboxylic acids is 1. The minimum atomic E-state index is -3.67. The molecule has 8 heteroatoms. The van der Waals surface area contributed by atoms with Crippen LogP contribution in [0.3, 0.4) is 0 Å². The number of nitriles is 1. The van der Waals surface area contributed by atoms with Crippen molar-refractivity contribution in [2.24, 2.45) is 5.73 Å². The molecule has 18 heavy (non-hydrogen) atoms. The number of primary amides is 1. The summed E-state index contributed by atoms with van der Waals surface area (Å²) in [4.78, 5) is 10.3. The van der Waals surface area contributed by atoms with Crippen molar-refractivity contribution in [1.29, 1.82) is 5.26 Å². The van der Waals surface area contributed by atoms with Crippen LogP contribution in [0.4, 0.5) is 4.79 Å². The van der Waals surface area contributed by atoms with Gasteiger partial charge in [-0.3, -0.25) is 0 Å². The summed E-state index contributed by atoms with van der Waals surface area (Å²) in [7, 11) is -3.67. The van der Waals surface area contributed by atoms with E-state index in [1.54, 1.807) is 0 Å². The molecule has 0 spiro atoms. The first-order valence-corrected chi connectivity index (χ1v) is 6.36. The number of benzene rings is 1. The molecule has 0 aromatic heterocycles. The van der Waals surface area contributed by atoms with Crippen LogP contribution in [0.2, 0.25) is 0 Å². The van der Waals surface area contributed by atoms with Gasteiger partial charge in [0, 0.05) is 6.54 Å². The Balaban J connectivity index is 2.63. The van der Waals surface area contributed by atoms with E-state index in [0.29, 0.717) is 5.56 Å². The zero-order chi connectivity index (χ0) is 13.6. The molecular weight excluding hydrogens is 258 g/mol. The predicted molar refractivity (Wildman–Crippen MR) is 61.9 cm³/mol. The Morgan fingerprint density at radius 2 is 2.00 bits per heavy atom. The minimum absolute atomic E-state index is 0.0283. The molecule has 96 valence electrons. The number of nitrogens with two attached hydrogens (primary N) is 1. The summed E-state index contributed by atoms with van der Waals surface area (Å²) < 4.78 is 30.0. The SMILES string of the molecule is N#Cc1ccc(S(=O)(=O)NCCOC(N)=O)cc1. The molecule has 0 aliphatic carbocycles. The van der Waals surface area contributed by atoms with Crippen molar-refractivity contribution >= 4 is 16.1 Å². The number of carbonyl (C=O) groups is 1. The number of ether oxygens (including phenoxy) is 1. The van der Waals surface area contributed by atoms with Crippen molar-refractivity contribution in [3.8, 4) is 6.07 Å². The van der Waals surface area contributed by atoms with Crippen molar-refractivity contribution in [3.05, 3.63) is 29.8 Å². The number of hydrogen-bond donors (Lipinski definition) is 2. The highest BCUT2D eigenvalue weighted by Gasteiger charge is 2.13. The van der Waals surface area contributed by atoms with Crippen LogP contribution in [-0.4, -0.2) is 27.7 Å². The monoisotopic (exact) mass is 269 g/mol. The van der Waals surface area contributed by atoms with Crippen molar-refractivity contribution in [3.63, 3.8) is 0 Å². The Bertz CT molecular complexity index is 560. The van der Waals surface area contributed by atoms with Crippen LogP contribution in [0.25, 0.3) is 0 Å². The van der Waals surface area contributed by atoms with E-state index in [1.165, 1.54) is 24.3 Å². The van der Waals surface area contributed by atoms with E-state index in [9.17, 15) is 13.2 Å². The van der Waals surface area contributed by atoms with Crippen molar-refractivity contribution in [1.82, 2.24) is 4.72 Å². The third-order valence-electron chi connectivity index (χ3n) is 1.93. The summed E-state index contributed by atoms with van der Waals surface area (Å²) >= 11 is 0. The first-order chi connectivity index (χ1) is 8.45. The van der Waals surface area contributed by atoms with E-state index in [2.05, 4.69) is 9.46 Å². The Labute approximate surface area is 104 Å². The number of amides is 1. The number of nitrogens with zero attached hydrogens (tertiary/aromatic N) is 1. The van der Waals surface area contributed by atoms with Gasteiger partial charge in [0.1, 0.15) is 6.61 Å². The van der Waals surface area contributed by atoms with E-state index in [1.807, 2.05) is 6.07 Å². The van der Waals surface area contributed by atoms with Crippen LogP contribution < -0.4 is 10.5 Å². The fraction of sp³-hybridized carbons (Fsp3) is 0.200. The fourth-order valence-corrected chi connectivity index (χ4v) is 2.13. The molecule has 3 N–H and O–H groups in total. The largest absolute Gasteiger partial charge is 0.448 e. The van der Waals surface area contributed by atoms with E-state index in [0.717, 1.165) is 0 Å². The summed E-state index contributed by atoms with van der Waals surface area (Å²) in [6.07, 6.45) is -0.965. The molecule has 0 bridgehead atoms. The van der Waals surface area contributed by atoms with Crippen LogP contribution in [0.15, 0.2) is 29.2 Å². The molecule has 1 amide bonds. The van der Waals surface area contributed by atoms with Crippen LogP contribution in [-0.2, 0) is 14.8 Å². The van der Waals surface area contributed by atoms with Gasteiger partial charge < -0.3 is 10.5 Å². The van der Waals surface area contributed by atoms with Crippen LogP contribution in [0.5, 0.6) is 0 Å². The van der Waals surface area contributed by atoms with Gasteiger partial charge in [0.15, 0.2) is 0 Å². The van der Waals surface area contributed by atoms with Crippen molar-refractivity contribution in [2.75, 3.05) is 13.2 Å². The van der Waals surface area contributed by atoms with Gasteiger partial charge in [-0.05, 0) is 24.3 Å². The normalized spacial score (nSPS) is 10.6. The molecule has 0 unspecified atom stereocenters. The van der Waals surface area contributed by atoms with Gasteiger partial charge >= 0.3 is 6.09 Å². The average Bonchev–Trinajstić information content (AvgIpc) is 2.34. The molecule has 0 aliphatic heterocycles. The molecule has 0 saturated heterocycles. The minimum Gasteiger partial charge on any atom is -0.448 e. The highest BCUT2D eigenvalue weighted by atomic mass is 32.2. The Morgan fingerprint density at radius 3 is 2.50 bits per heavy atom. The van der Waals surface area contributed by atoms with Crippen LogP contribution in [0.1, 0.15) is 5.56 Å². The molecule has 1 aromatic rings. The van der Waals surface area contributed by atoms with Gasteiger partial charge in [0.05, 0.1) is 16.5 Å². The van der Waals surface area contributed by atoms with Crippen molar-refractivity contribution in [2.45, 2.75) is 4.90 Å². The molecule has 1 rings (SSSR count). The number of rotatable bonds is 5. The topological polar surface area (TPSA) is 122 Å². The second kappa shape index (κ2) is 6.00. The Kier molecular flexibility index (Phi) is 4.65. The Hall–Kier alpha value is -2.11. The molecular formula is C10H11N3O4S. The zero-order valence-corrected chi connectivity index (χ0v) is 10.1. The highest BCUT2D eigenvalue weighted by molar-refractivity contribution is 7.89. The highest BCUT2D eigenvalue weighted by Crippen LogP contribution is 2.09. The van der Waals surface area contributed by atoms with Crippen LogP contribution in [0, 0.1) is 11.3 Å². The van der Waals surface area contributed by atoms with Crippen molar-refractivity contribution < 1.29 is 17.9 Å². The molecule has 0 heterocycles. The lowest BCUT2D eigenvalue weighted by molar-refractivity contribution is 0.159. The maximum absolute atomic E-state index is 11.7. The summed E-state index contributed by atoms with van der Waals surface area (Å²) in [5, 5.41) is 8.58. The Morgan fingerprint density at radius 1 is 1.39 bits per heavy atom. The van der Waals surface area contributed by atoms with E-state index >= 15 is 0 Å². The van der Waals surface area contributed by atoms with Gasteiger partial charge in [0.2, 0.25) is 10.0 Å². The second-order valence-corrected chi connectivity index (χ2v) is 4.97. The summed E-state index contributed by atoms with van der Waals surface area (Å²) in [6.45, 7) is -0.226. The molecule has 0 atom stereocenters. The molecule has 1 aromatic carbocycles. The van der Waals surface area contributed by atoms with Gasteiger partial charge in [-0.1, -0.05) is 0 Å². The third-order valence-corrected chi connectivity index (χ3v) is 3.41. The number of sulfonamides is 1.